The summed E-state index contributed by atoms with van der Waals surface area (Å²) in [5.41, 5.74) is 1.28. The number of piperidine rings is 1. The van der Waals surface area contributed by atoms with Gasteiger partial charge in [0.05, 0.1) is 6.10 Å². The van der Waals surface area contributed by atoms with Crippen molar-refractivity contribution in [2.75, 3.05) is 32.8 Å². The van der Waals surface area contributed by atoms with Gasteiger partial charge in [-0.25, -0.2) is 0 Å². The molecule has 26 heavy (non-hydrogen) atoms. The zero-order valence-corrected chi connectivity index (χ0v) is 15.3. The average Bonchev–Trinajstić information content (AvgIpc) is 3.11. The van der Waals surface area contributed by atoms with Crippen LogP contribution in [0.15, 0.2) is 24.5 Å². The molecule has 4 heterocycles. The Morgan fingerprint density at radius 3 is 2.85 bits per heavy atom. The molecule has 0 aromatic carbocycles. The summed E-state index contributed by atoms with van der Waals surface area (Å²) in [4.78, 5) is 19.0. The highest BCUT2D eigenvalue weighted by atomic mass is 16.5. The van der Waals surface area contributed by atoms with E-state index in [1.165, 1.54) is 5.56 Å². The van der Waals surface area contributed by atoms with E-state index in [0.717, 1.165) is 65.1 Å². The molecule has 3 saturated heterocycles. The number of rotatable bonds is 5. The zero-order chi connectivity index (χ0) is 17.8. The molecule has 0 spiro atoms. The van der Waals surface area contributed by atoms with E-state index in [1.807, 2.05) is 12.4 Å². The van der Waals surface area contributed by atoms with Gasteiger partial charge in [-0.15, -0.1) is 0 Å². The smallest absolute Gasteiger partial charge is 0.249 e. The van der Waals surface area contributed by atoms with E-state index < -0.39 is 0 Å². The minimum absolute atomic E-state index is 0.0755. The number of nitrogens with one attached hydrogen (secondary N) is 1. The molecule has 4 rings (SSSR count). The number of carbonyl (C=O) groups is 1. The Bertz CT molecular complexity index is 591. The van der Waals surface area contributed by atoms with Crippen molar-refractivity contribution in [2.24, 2.45) is 11.8 Å². The lowest BCUT2D eigenvalue weighted by Crippen LogP contribution is -2.42. The van der Waals surface area contributed by atoms with E-state index in [4.69, 9.17) is 9.47 Å². The zero-order valence-electron chi connectivity index (χ0n) is 15.3. The fourth-order valence-electron chi connectivity index (χ4n) is 4.36. The maximum Gasteiger partial charge on any atom is 0.249 e. The maximum atomic E-state index is 12.5. The van der Waals surface area contributed by atoms with Crippen molar-refractivity contribution in [3.63, 3.8) is 0 Å². The number of carbonyl (C=O) groups excluding carboxylic acids is 1. The molecule has 0 aliphatic carbocycles. The van der Waals surface area contributed by atoms with Crippen LogP contribution in [0.2, 0.25) is 0 Å². The molecule has 0 bridgehead atoms. The second-order valence-corrected chi connectivity index (χ2v) is 7.84. The third-order valence-corrected chi connectivity index (χ3v) is 5.99. The summed E-state index contributed by atoms with van der Waals surface area (Å²) >= 11 is 0. The Labute approximate surface area is 155 Å². The number of aromatic nitrogens is 1. The number of hydrogen-bond acceptors (Lipinski definition) is 5. The fraction of sp³-hybridized carbons (Fsp3) is 0.700. The highest BCUT2D eigenvalue weighted by Gasteiger charge is 2.41. The highest BCUT2D eigenvalue weighted by molar-refractivity contribution is 5.81. The van der Waals surface area contributed by atoms with Crippen LogP contribution in [-0.2, 0) is 20.8 Å². The topological polar surface area (TPSA) is 63.7 Å². The first-order valence-electron chi connectivity index (χ1n) is 9.90. The minimum atomic E-state index is -0.272. The molecular weight excluding hydrogens is 330 g/mol. The molecule has 3 aliphatic rings. The molecule has 1 aromatic rings. The van der Waals surface area contributed by atoms with Gasteiger partial charge < -0.3 is 14.8 Å². The van der Waals surface area contributed by atoms with E-state index in [9.17, 15) is 4.79 Å². The van der Waals surface area contributed by atoms with Gasteiger partial charge in [0.25, 0.3) is 0 Å². The molecule has 3 aliphatic heterocycles. The third-order valence-electron chi connectivity index (χ3n) is 5.99. The predicted octanol–water partition coefficient (Wildman–Crippen LogP) is 1.60. The van der Waals surface area contributed by atoms with Crippen LogP contribution >= 0.6 is 0 Å². The monoisotopic (exact) mass is 359 g/mol. The van der Waals surface area contributed by atoms with Gasteiger partial charge in [0.15, 0.2) is 0 Å². The van der Waals surface area contributed by atoms with E-state index in [0.29, 0.717) is 11.8 Å². The van der Waals surface area contributed by atoms with Crippen LogP contribution in [0.25, 0.3) is 0 Å². The Hall–Kier alpha value is -1.50. The van der Waals surface area contributed by atoms with E-state index in [-0.39, 0.29) is 18.1 Å². The van der Waals surface area contributed by atoms with Crippen LogP contribution in [0.4, 0.5) is 0 Å². The quantitative estimate of drug-likeness (QED) is 0.865. The number of ether oxygens (including phenoxy) is 2. The van der Waals surface area contributed by atoms with Gasteiger partial charge in [-0.05, 0) is 61.8 Å². The van der Waals surface area contributed by atoms with Crippen LogP contribution in [0.1, 0.15) is 31.2 Å². The number of likely N-dealkylation sites (tertiary alicyclic amines) is 1. The van der Waals surface area contributed by atoms with Crippen LogP contribution in [0, 0.1) is 11.8 Å². The Balaban J connectivity index is 1.24. The maximum absolute atomic E-state index is 12.5. The van der Waals surface area contributed by atoms with Crippen LogP contribution < -0.4 is 5.32 Å². The van der Waals surface area contributed by atoms with Crippen molar-refractivity contribution in [2.45, 2.75) is 44.4 Å². The minimum Gasteiger partial charge on any atom is -0.381 e. The summed E-state index contributed by atoms with van der Waals surface area (Å²) in [6.07, 6.45) is 7.66. The van der Waals surface area contributed by atoms with Gasteiger partial charge in [0.1, 0.15) is 6.10 Å². The lowest BCUT2D eigenvalue weighted by atomic mass is 9.91. The first-order valence-corrected chi connectivity index (χ1v) is 9.90. The van der Waals surface area contributed by atoms with Gasteiger partial charge in [0, 0.05) is 45.2 Å². The fourth-order valence-corrected chi connectivity index (χ4v) is 4.36. The molecule has 6 heteroatoms. The molecule has 142 valence electrons. The molecular formula is C20H29N3O3. The molecule has 0 saturated carbocycles. The van der Waals surface area contributed by atoms with Crippen molar-refractivity contribution in [3.05, 3.63) is 30.1 Å². The Morgan fingerprint density at radius 2 is 2.04 bits per heavy atom. The van der Waals surface area contributed by atoms with Crippen molar-refractivity contribution in [3.8, 4) is 0 Å². The van der Waals surface area contributed by atoms with Gasteiger partial charge in [-0.2, -0.15) is 0 Å². The molecule has 3 atom stereocenters. The second-order valence-electron chi connectivity index (χ2n) is 7.84. The van der Waals surface area contributed by atoms with Crippen molar-refractivity contribution < 1.29 is 14.3 Å². The summed E-state index contributed by atoms with van der Waals surface area (Å²) < 4.78 is 11.5. The summed E-state index contributed by atoms with van der Waals surface area (Å²) in [5.74, 6) is 1.14. The molecule has 0 unspecified atom stereocenters. The van der Waals surface area contributed by atoms with Crippen molar-refractivity contribution in [1.82, 2.24) is 15.2 Å². The third kappa shape index (κ3) is 4.42. The first kappa shape index (κ1) is 17.9. The Kier molecular flexibility index (Phi) is 5.82. The highest BCUT2D eigenvalue weighted by Crippen LogP contribution is 2.33. The Morgan fingerprint density at radius 1 is 1.23 bits per heavy atom. The first-order chi connectivity index (χ1) is 12.8. The van der Waals surface area contributed by atoms with E-state index >= 15 is 0 Å². The van der Waals surface area contributed by atoms with Crippen molar-refractivity contribution in [1.29, 1.82) is 0 Å². The summed E-state index contributed by atoms with van der Waals surface area (Å²) in [6.45, 7) is 5.30. The lowest BCUT2D eigenvalue weighted by Gasteiger charge is -2.34. The van der Waals surface area contributed by atoms with Crippen LogP contribution in [0.5, 0.6) is 0 Å². The molecule has 3 fully saturated rings. The summed E-state index contributed by atoms with van der Waals surface area (Å²) in [7, 11) is 0. The predicted molar refractivity (Wildman–Crippen MR) is 97.5 cm³/mol. The molecule has 1 N–H and O–H groups in total. The van der Waals surface area contributed by atoms with E-state index in [2.05, 4.69) is 27.3 Å². The summed E-state index contributed by atoms with van der Waals surface area (Å²) in [5, 5.41) is 3.12. The van der Waals surface area contributed by atoms with Gasteiger partial charge >= 0.3 is 0 Å². The number of pyridine rings is 1. The van der Waals surface area contributed by atoms with Gasteiger partial charge in [-0.1, -0.05) is 0 Å². The summed E-state index contributed by atoms with van der Waals surface area (Å²) in [6, 6.07) is 4.13. The molecule has 6 nitrogen and oxygen atoms in total. The van der Waals surface area contributed by atoms with Crippen LogP contribution in [-0.4, -0.2) is 60.8 Å². The number of amides is 1. The van der Waals surface area contributed by atoms with E-state index in [1.54, 1.807) is 0 Å². The molecule has 1 amide bonds. The molecule has 0 radical (unpaired) electrons. The SMILES string of the molecule is O=C(NCC1CCOCC1)[C@@H]1C[C@H]2CCN(Cc3ccncc3)C[C@@H]2O1. The lowest BCUT2D eigenvalue weighted by molar-refractivity contribution is -0.133. The average molecular weight is 359 g/mol. The van der Waals surface area contributed by atoms with Crippen molar-refractivity contribution >= 4 is 5.91 Å². The van der Waals surface area contributed by atoms with Crippen LogP contribution in [0.3, 0.4) is 0 Å². The standard InChI is InChI=1S/C20H29N3O3/c24-20(22-12-15-4-9-25-10-5-15)18-11-17-3-8-23(14-19(17)26-18)13-16-1-6-21-7-2-16/h1-2,6-7,15,17-19H,3-5,8-14H2,(H,22,24)/t17-,18+,19+/m1/s1. The van der Waals surface area contributed by atoms with Gasteiger partial charge in [0.2, 0.25) is 5.91 Å². The number of hydrogen-bond donors (Lipinski definition) is 1. The largest absolute Gasteiger partial charge is 0.381 e. The number of fused-ring (bicyclic) bond motifs is 1. The number of nitrogens with zero attached hydrogens (tertiary/aromatic N) is 2. The van der Waals surface area contributed by atoms with Gasteiger partial charge in [-0.3, -0.25) is 14.7 Å². The second kappa shape index (κ2) is 8.46. The normalized spacial score (nSPS) is 30.1. The molecule has 1 aromatic heterocycles.